The van der Waals surface area contributed by atoms with Gasteiger partial charge < -0.3 is 19.7 Å². The van der Waals surface area contributed by atoms with Crippen molar-refractivity contribution in [3.8, 4) is 11.5 Å². The molecule has 2 amide bonds. The number of hydrogen-bond donors (Lipinski definition) is 1. The molecule has 35 heavy (non-hydrogen) atoms. The van der Waals surface area contributed by atoms with Gasteiger partial charge in [0.25, 0.3) is 5.91 Å². The number of nitrogens with zero attached hydrogens (tertiary/aromatic N) is 1. The normalized spacial score (nSPS) is 11.6. The van der Waals surface area contributed by atoms with Gasteiger partial charge in [-0.05, 0) is 42.3 Å². The van der Waals surface area contributed by atoms with E-state index >= 15 is 0 Å². The molecule has 0 saturated carbocycles. The third-order valence-electron chi connectivity index (χ3n) is 5.24. The summed E-state index contributed by atoms with van der Waals surface area (Å²) in [4.78, 5) is 27.7. The Morgan fingerprint density at radius 3 is 2.20 bits per heavy atom. The highest BCUT2D eigenvalue weighted by Gasteiger charge is 2.25. The van der Waals surface area contributed by atoms with Crippen LogP contribution in [0.3, 0.4) is 0 Å². The van der Waals surface area contributed by atoms with Crippen molar-refractivity contribution in [1.82, 2.24) is 10.2 Å². The second kappa shape index (κ2) is 12.5. The van der Waals surface area contributed by atoms with Crippen LogP contribution in [-0.2, 0) is 17.8 Å². The maximum Gasteiger partial charge on any atom is 0.387 e. The largest absolute Gasteiger partial charge is 0.490 e. The second-order valence-electron chi connectivity index (χ2n) is 7.87. The van der Waals surface area contributed by atoms with E-state index in [0.29, 0.717) is 17.5 Å². The molecule has 184 valence electrons. The van der Waals surface area contributed by atoms with Crippen molar-refractivity contribution in [2.75, 3.05) is 13.7 Å². The Labute approximate surface area is 203 Å². The fourth-order valence-corrected chi connectivity index (χ4v) is 3.61. The van der Waals surface area contributed by atoms with E-state index in [-0.39, 0.29) is 36.5 Å². The van der Waals surface area contributed by atoms with E-state index in [4.69, 9.17) is 4.74 Å². The van der Waals surface area contributed by atoms with Crippen LogP contribution in [0, 0.1) is 0 Å². The molecule has 0 aliphatic rings. The number of benzene rings is 3. The fraction of sp³-hybridized carbons (Fsp3) is 0.259. The number of carbonyl (C=O) groups is 2. The number of nitrogens with one attached hydrogen (secondary N) is 1. The highest BCUT2D eigenvalue weighted by Crippen LogP contribution is 2.30. The summed E-state index contributed by atoms with van der Waals surface area (Å²) in [6, 6.07) is 21.9. The molecule has 8 heteroatoms. The minimum Gasteiger partial charge on any atom is -0.490 e. The van der Waals surface area contributed by atoms with E-state index in [2.05, 4.69) is 10.1 Å². The first-order chi connectivity index (χ1) is 16.9. The molecule has 0 aromatic heterocycles. The van der Waals surface area contributed by atoms with Crippen LogP contribution in [-0.4, -0.2) is 43.0 Å². The van der Waals surface area contributed by atoms with E-state index in [9.17, 15) is 18.4 Å². The van der Waals surface area contributed by atoms with Gasteiger partial charge in [-0.25, -0.2) is 0 Å². The molecule has 0 aliphatic carbocycles. The SMILES string of the molecule is CCOc1cc(CN(C)C(=O)C(Cc2ccccc2)NC(=O)c2ccccc2)ccc1OC(F)F. The number of rotatable bonds is 11. The molecule has 0 radical (unpaired) electrons. The molecule has 3 aromatic rings. The smallest absolute Gasteiger partial charge is 0.387 e. The van der Waals surface area contributed by atoms with Crippen molar-refractivity contribution in [3.05, 3.63) is 95.6 Å². The van der Waals surface area contributed by atoms with E-state index in [1.54, 1.807) is 50.4 Å². The molecule has 0 fully saturated rings. The zero-order chi connectivity index (χ0) is 25.2. The van der Waals surface area contributed by atoms with Gasteiger partial charge in [0.15, 0.2) is 11.5 Å². The predicted molar refractivity (Wildman–Crippen MR) is 129 cm³/mol. The molecular weight excluding hydrogens is 454 g/mol. The molecule has 1 atom stereocenters. The minimum atomic E-state index is -2.98. The molecular formula is C27H28F2N2O4. The quantitative estimate of drug-likeness (QED) is 0.431. The van der Waals surface area contributed by atoms with Crippen LogP contribution in [0.4, 0.5) is 8.78 Å². The van der Waals surface area contributed by atoms with Gasteiger partial charge in [-0.1, -0.05) is 54.6 Å². The Bertz CT molecular complexity index is 1110. The van der Waals surface area contributed by atoms with E-state index in [1.807, 2.05) is 36.4 Å². The fourth-order valence-electron chi connectivity index (χ4n) is 3.61. The van der Waals surface area contributed by atoms with Crippen LogP contribution in [0.2, 0.25) is 0 Å². The summed E-state index contributed by atoms with van der Waals surface area (Å²) in [5, 5.41) is 2.85. The van der Waals surface area contributed by atoms with E-state index < -0.39 is 12.7 Å². The van der Waals surface area contributed by atoms with E-state index in [0.717, 1.165) is 5.56 Å². The molecule has 0 heterocycles. The zero-order valence-electron chi connectivity index (χ0n) is 19.6. The molecule has 6 nitrogen and oxygen atoms in total. The lowest BCUT2D eigenvalue weighted by molar-refractivity contribution is -0.132. The summed E-state index contributed by atoms with van der Waals surface area (Å²) in [5.74, 6) is -0.537. The Balaban J connectivity index is 1.78. The van der Waals surface area contributed by atoms with Crippen molar-refractivity contribution in [1.29, 1.82) is 0 Å². The van der Waals surface area contributed by atoms with E-state index in [1.165, 1.54) is 11.0 Å². The summed E-state index contributed by atoms with van der Waals surface area (Å²) in [5.41, 5.74) is 2.02. The Kier molecular flexibility index (Phi) is 9.17. The second-order valence-corrected chi connectivity index (χ2v) is 7.87. The van der Waals surface area contributed by atoms with Gasteiger partial charge in [0.1, 0.15) is 6.04 Å². The van der Waals surface area contributed by atoms with Crippen molar-refractivity contribution >= 4 is 11.8 Å². The average Bonchev–Trinajstić information content (AvgIpc) is 2.85. The van der Waals surface area contributed by atoms with Crippen LogP contribution >= 0.6 is 0 Å². The van der Waals surface area contributed by atoms with Crippen LogP contribution in [0.1, 0.15) is 28.4 Å². The first kappa shape index (κ1) is 25.7. The third-order valence-corrected chi connectivity index (χ3v) is 5.24. The molecule has 1 unspecified atom stereocenters. The summed E-state index contributed by atoms with van der Waals surface area (Å²) < 4.78 is 35.3. The van der Waals surface area contributed by atoms with Crippen LogP contribution in [0.25, 0.3) is 0 Å². The standard InChI is InChI=1S/C27H28F2N2O4/c1-3-34-24-17-20(14-15-23(24)35-27(28)29)18-31(2)26(33)22(16-19-10-6-4-7-11-19)30-25(32)21-12-8-5-9-13-21/h4-15,17,22,27H,3,16,18H2,1-2H3,(H,30,32). The number of amides is 2. The number of carbonyl (C=O) groups excluding carboxylic acids is 2. The summed E-state index contributed by atoms with van der Waals surface area (Å²) in [6.45, 7) is -0.794. The molecule has 0 aliphatic heterocycles. The summed E-state index contributed by atoms with van der Waals surface area (Å²) in [6.07, 6.45) is 0.313. The Morgan fingerprint density at radius 2 is 1.57 bits per heavy atom. The lowest BCUT2D eigenvalue weighted by Gasteiger charge is -2.25. The van der Waals surface area contributed by atoms with Gasteiger partial charge in [0.05, 0.1) is 6.61 Å². The van der Waals surface area contributed by atoms with Gasteiger partial charge in [-0.15, -0.1) is 0 Å². The summed E-state index contributed by atoms with van der Waals surface area (Å²) in [7, 11) is 1.62. The Morgan fingerprint density at radius 1 is 0.914 bits per heavy atom. The van der Waals surface area contributed by atoms with Gasteiger partial charge in [0, 0.05) is 25.6 Å². The molecule has 3 rings (SSSR count). The van der Waals surface area contributed by atoms with Crippen molar-refractivity contribution in [2.24, 2.45) is 0 Å². The number of ether oxygens (including phenoxy) is 2. The average molecular weight is 483 g/mol. The zero-order valence-corrected chi connectivity index (χ0v) is 19.6. The maximum absolute atomic E-state index is 13.4. The monoisotopic (exact) mass is 482 g/mol. The van der Waals surface area contributed by atoms with Crippen molar-refractivity contribution < 1.29 is 27.8 Å². The third kappa shape index (κ3) is 7.53. The van der Waals surface area contributed by atoms with Crippen LogP contribution in [0.15, 0.2) is 78.9 Å². The number of likely N-dealkylation sites (N-methyl/N-ethyl adjacent to an activating group) is 1. The van der Waals surface area contributed by atoms with Crippen molar-refractivity contribution in [3.63, 3.8) is 0 Å². The maximum atomic E-state index is 13.4. The lowest BCUT2D eigenvalue weighted by Crippen LogP contribution is -2.48. The highest BCUT2D eigenvalue weighted by molar-refractivity contribution is 5.97. The first-order valence-corrected chi connectivity index (χ1v) is 11.2. The molecule has 1 N–H and O–H groups in total. The molecule has 0 spiro atoms. The topological polar surface area (TPSA) is 67.9 Å². The van der Waals surface area contributed by atoms with Gasteiger partial charge in [-0.2, -0.15) is 8.78 Å². The number of halogens is 2. The van der Waals surface area contributed by atoms with Crippen LogP contribution in [0.5, 0.6) is 11.5 Å². The lowest BCUT2D eigenvalue weighted by atomic mass is 10.0. The molecule has 0 saturated heterocycles. The van der Waals surface area contributed by atoms with Crippen LogP contribution < -0.4 is 14.8 Å². The highest BCUT2D eigenvalue weighted by atomic mass is 19.3. The number of hydrogen-bond acceptors (Lipinski definition) is 4. The minimum absolute atomic E-state index is 0.0725. The van der Waals surface area contributed by atoms with Gasteiger partial charge >= 0.3 is 6.61 Å². The predicted octanol–water partition coefficient (Wildman–Crippen LogP) is 4.69. The first-order valence-electron chi connectivity index (χ1n) is 11.2. The number of alkyl halides is 2. The van der Waals surface area contributed by atoms with Gasteiger partial charge in [0.2, 0.25) is 5.91 Å². The van der Waals surface area contributed by atoms with Crippen molar-refractivity contribution in [2.45, 2.75) is 32.5 Å². The molecule has 3 aromatic carbocycles. The summed E-state index contributed by atoms with van der Waals surface area (Å²) >= 11 is 0. The molecule has 0 bridgehead atoms. The Hall–Kier alpha value is -3.94. The van der Waals surface area contributed by atoms with Gasteiger partial charge in [-0.3, -0.25) is 9.59 Å².